The van der Waals surface area contributed by atoms with E-state index in [9.17, 15) is 9.59 Å². The lowest BCUT2D eigenvalue weighted by molar-refractivity contribution is -0.138. The molecule has 100 valence electrons. The van der Waals surface area contributed by atoms with Gasteiger partial charge in [0, 0.05) is 12.7 Å². The van der Waals surface area contributed by atoms with E-state index in [-0.39, 0.29) is 25.5 Å². The molecule has 1 rings (SSSR count). The van der Waals surface area contributed by atoms with E-state index in [4.69, 9.17) is 11.5 Å². The standard InChI is InChI=1S/C14H16N2O3/c1-3-9-16(11-14(18)19)10-13(17)15(2)12-7-5-4-6-8-12/h1,4-8H,9-11H2,2H3,(H,18,19). The van der Waals surface area contributed by atoms with E-state index in [1.165, 1.54) is 9.80 Å². The van der Waals surface area contributed by atoms with Crippen LogP contribution in [0.1, 0.15) is 0 Å². The molecule has 0 fully saturated rings. The van der Waals surface area contributed by atoms with Gasteiger partial charge in [-0.3, -0.25) is 14.5 Å². The second kappa shape index (κ2) is 7.19. The van der Waals surface area contributed by atoms with Crippen molar-refractivity contribution < 1.29 is 14.7 Å². The summed E-state index contributed by atoms with van der Waals surface area (Å²) in [6, 6.07) is 9.13. The van der Waals surface area contributed by atoms with Crippen molar-refractivity contribution in [3.8, 4) is 12.3 Å². The van der Waals surface area contributed by atoms with Crippen LogP contribution in [0.3, 0.4) is 0 Å². The normalized spacial score (nSPS) is 9.95. The summed E-state index contributed by atoms with van der Waals surface area (Å²) in [5, 5.41) is 8.74. The van der Waals surface area contributed by atoms with Gasteiger partial charge in [-0.05, 0) is 12.1 Å². The van der Waals surface area contributed by atoms with Gasteiger partial charge in [0.2, 0.25) is 5.91 Å². The topological polar surface area (TPSA) is 60.9 Å². The predicted molar refractivity (Wildman–Crippen MR) is 72.8 cm³/mol. The lowest BCUT2D eigenvalue weighted by Crippen LogP contribution is -2.40. The number of hydrogen-bond donors (Lipinski definition) is 1. The fraction of sp³-hybridized carbons (Fsp3) is 0.286. The molecule has 5 nitrogen and oxygen atoms in total. The van der Waals surface area contributed by atoms with E-state index in [1.54, 1.807) is 19.2 Å². The largest absolute Gasteiger partial charge is 0.480 e. The third-order valence-electron chi connectivity index (χ3n) is 2.55. The van der Waals surface area contributed by atoms with Gasteiger partial charge in [-0.15, -0.1) is 6.42 Å². The van der Waals surface area contributed by atoms with Crippen molar-refractivity contribution in [3.63, 3.8) is 0 Å². The van der Waals surface area contributed by atoms with E-state index in [1.807, 2.05) is 18.2 Å². The molecule has 1 amide bonds. The summed E-state index contributed by atoms with van der Waals surface area (Å²) in [6.07, 6.45) is 5.16. The SMILES string of the molecule is C#CCN(CC(=O)O)CC(=O)N(C)c1ccccc1. The highest BCUT2D eigenvalue weighted by atomic mass is 16.4. The van der Waals surface area contributed by atoms with Gasteiger partial charge in [0.25, 0.3) is 0 Å². The molecule has 5 heteroatoms. The van der Waals surface area contributed by atoms with Crippen molar-refractivity contribution in [1.29, 1.82) is 0 Å². The fourth-order valence-corrected chi connectivity index (χ4v) is 1.58. The summed E-state index contributed by atoms with van der Waals surface area (Å²) in [6.45, 7) is -0.152. The van der Waals surface area contributed by atoms with E-state index in [0.29, 0.717) is 0 Å². The van der Waals surface area contributed by atoms with Crippen molar-refractivity contribution in [2.24, 2.45) is 0 Å². The first kappa shape index (κ1) is 14.7. The number of amides is 1. The highest BCUT2D eigenvalue weighted by molar-refractivity contribution is 5.94. The number of terminal acetylenes is 1. The third kappa shape index (κ3) is 4.82. The Morgan fingerprint density at radius 2 is 1.89 bits per heavy atom. The number of anilines is 1. The van der Waals surface area contributed by atoms with Gasteiger partial charge >= 0.3 is 5.97 Å². The van der Waals surface area contributed by atoms with Crippen LogP contribution in [0.4, 0.5) is 5.69 Å². The van der Waals surface area contributed by atoms with E-state index in [0.717, 1.165) is 5.69 Å². The Labute approximate surface area is 112 Å². The number of carboxylic acid groups (broad SMARTS) is 1. The number of likely N-dealkylation sites (N-methyl/N-ethyl adjacent to an activating group) is 1. The maximum absolute atomic E-state index is 12.0. The summed E-state index contributed by atoms with van der Waals surface area (Å²) in [7, 11) is 1.65. The molecule has 0 aromatic heterocycles. The Morgan fingerprint density at radius 3 is 2.42 bits per heavy atom. The minimum absolute atomic E-state index is 0.0259. The lowest BCUT2D eigenvalue weighted by Gasteiger charge is -2.22. The van der Waals surface area contributed by atoms with Gasteiger partial charge in [-0.1, -0.05) is 24.1 Å². The molecule has 0 radical (unpaired) electrons. The fourth-order valence-electron chi connectivity index (χ4n) is 1.58. The number of hydrogen-bond acceptors (Lipinski definition) is 3. The number of carbonyl (C=O) groups is 2. The summed E-state index contributed by atoms with van der Waals surface area (Å²) in [4.78, 5) is 25.6. The first-order valence-corrected chi connectivity index (χ1v) is 5.73. The molecule has 19 heavy (non-hydrogen) atoms. The van der Waals surface area contributed by atoms with Crippen LogP contribution in [0, 0.1) is 12.3 Å². The summed E-state index contributed by atoms with van der Waals surface area (Å²) in [5.41, 5.74) is 0.753. The van der Waals surface area contributed by atoms with Gasteiger partial charge < -0.3 is 10.0 Å². The Morgan fingerprint density at radius 1 is 1.26 bits per heavy atom. The van der Waals surface area contributed by atoms with Crippen LogP contribution in [-0.4, -0.2) is 48.6 Å². The van der Waals surface area contributed by atoms with Gasteiger partial charge in [-0.2, -0.15) is 0 Å². The van der Waals surface area contributed by atoms with Crippen LogP contribution in [-0.2, 0) is 9.59 Å². The zero-order valence-electron chi connectivity index (χ0n) is 10.7. The van der Waals surface area contributed by atoms with E-state index in [2.05, 4.69) is 5.92 Å². The number of aliphatic carboxylic acids is 1. The molecule has 0 saturated heterocycles. The van der Waals surface area contributed by atoms with Crippen molar-refractivity contribution in [2.75, 3.05) is 31.6 Å². The van der Waals surface area contributed by atoms with Crippen molar-refractivity contribution >= 4 is 17.6 Å². The molecule has 1 N–H and O–H groups in total. The average Bonchev–Trinajstić information content (AvgIpc) is 2.38. The summed E-state index contributed by atoms with van der Waals surface area (Å²) >= 11 is 0. The maximum atomic E-state index is 12.0. The number of carboxylic acids is 1. The number of nitrogens with zero attached hydrogens (tertiary/aromatic N) is 2. The molecule has 1 aromatic carbocycles. The Kier molecular flexibility index (Phi) is 5.58. The Bertz CT molecular complexity index is 479. The van der Waals surface area contributed by atoms with Crippen molar-refractivity contribution in [1.82, 2.24) is 4.90 Å². The highest BCUT2D eigenvalue weighted by Crippen LogP contribution is 2.11. The second-order valence-electron chi connectivity index (χ2n) is 4.03. The molecule has 0 atom stereocenters. The minimum atomic E-state index is -1.01. The Balaban J connectivity index is 2.66. The van der Waals surface area contributed by atoms with Crippen molar-refractivity contribution in [2.45, 2.75) is 0 Å². The second-order valence-corrected chi connectivity index (χ2v) is 4.03. The number of benzene rings is 1. The maximum Gasteiger partial charge on any atom is 0.317 e. The molecule has 0 heterocycles. The first-order chi connectivity index (χ1) is 9.04. The smallest absolute Gasteiger partial charge is 0.317 e. The monoisotopic (exact) mass is 260 g/mol. The molecule has 0 aliphatic carbocycles. The molecule has 0 aliphatic heterocycles. The van der Waals surface area contributed by atoms with Gasteiger partial charge in [0.1, 0.15) is 0 Å². The molecular weight excluding hydrogens is 244 g/mol. The number of para-hydroxylation sites is 1. The lowest BCUT2D eigenvalue weighted by atomic mass is 10.3. The third-order valence-corrected chi connectivity index (χ3v) is 2.55. The number of rotatable bonds is 6. The highest BCUT2D eigenvalue weighted by Gasteiger charge is 2.16. The number of carbonyl (C=O) groups excluding carboxylic acids is 1. The van der Waals surface area contributed by atoms with E-state index < -0.39 is 5.97 Å². The quantitative estimate of drug-likeness (QED) is 0.764. The summed E-state index contributed by atoms with van der Waals surface area (Å²) < 4.78 is 0. The molecule has 0 spiro atoms. The molecule has 0 aliphatic rings. The summed E-state index contributed by atoms with van der Waals surface area (Å²) in [5.74, 6) is 1.13. The molecule has 0 saturated carbocycles. The van der Waals surface area contributed by atoms with Crippen LogP contribution in [0.5, 0.6) is 0 Å². The van der Waals surface area contributed by atoms with Crippen molar-refractivity contribution in [3.05, 3.63) is 30.3 Å². The Hall–Kier alpha value is -2.32. The van der Waals surface area contributed by atoms with Crippen LogP contribution in [0.2, 0.25) is 0 Å². The van der Waals surface area contributed by atoms with Gasteiger partial charge in [-0.25, -0.2) is 0 Å². The van der Waals surface area contributed by atoms with Gasteiger partial charge in [0.05, 0.1) is 19.6 Å². The van der Waals surface area contributed by atoms with Crippen LogP contribution >= 0.6 is 0 Å². The zero-order valence-corrected chi connectivity index (χ0v) is 10.7. The van der Waals surface area contributed by atoms with Crippen LogP contribution in [0.25, 0.3) is 0 Å². The van der Waals surface area contributed by atoms with E-state index >= 15 is 0 Å². The van der Waals surface area contributed by atoms with Crippen LogP contribution in [0.15, 0.2) is 30.3 Å². The molecule has 0 bridgehead atoms. The predicted octanol–water partition coefficient (Wildman–Crippen LogP) is 0.669. The van der Waals surface area contributed by atoms with Gasteiger partial charge in [0.15, 0.2) is 0 Å². The zero-order chi connectivity index (χ0) is 14.3. The molecular formula is C14H16N2O3. The van der Waals surface area contributed by atoms with Crippen LogP contribution < -0.4 is 4.90 Å². The average molecular weight is 260 g/mol. The first-order valence-electron chi connectivity index (χ1n) is 5.73. The molecule has 0 unspecified atom stereocenters. The minimum Gasteiger partial charge on any atom is -0.480 e. The molecule has 1 aromatic rings.